The summed E-state index contributed by atoms with van der Waals surface area (Å²) >= 11 is 0. The van der Waals surface area contributed by atoms with Crippen LogP contribution in [0.25, 0.3) is 22.2 Å². The third-order valence-electron chi connectivity index (χ3n) is 7.82. The lowest BCUT2D eigenvalue weighted by Crippen LogP contribution is -2.37. The van der Waals surface area contributed by atoms with E-state index in [1.54, 1.807) is 6.07 Å². The van der Waals surface area contributed by atoms with Gasteiger partial charge < -0.3 is 15.1 Å². The Bertz CT molecular complexity index is 1140. The van der Waals surface area contributed by atoms with Gasteiger partial charge in [-0.2, -0.15) is 0 Å². The van der Waals surface area contributed by atoms with Gasteiger partial charge >= 0.3 is 0 Å². The summed E-state index contributed by atoms with van der Waals surface area (Å²) in [5.41, 5.74) is 6.22. The van der Waals surface area contributed by atoms with E-state index in [0.29, 0.717) is 12.3 Å². The summed E-state index contributed by atoms with van der Waals surface area (Å²) in [4.78, 5) is 9.97. The summed E-state index contributed by atoms with van der Waals surface area (Å²) in [6, 6.07) is 14.7. The minimum atomic E-state index is -0.118. The average Bonchev–Trinajstić information content (AvgIpc) is 3.26. The number of hydrogen-bond donors (Lipinski definition) is 1. The molecular weight excluding hydrogens is 423 g/mol. The number of piperidine rings is 1. The zero-order chi connectivity index (χ0) is 23.7. The fraction of sp³-hybridized carbons (Fsp3) is 0.483. The molecule has 1 N–H and O–H groups in total. The van der Waals surface area contributed by atoms with Gasteiger partial charge in [0.25, 0.3) is 0 Å². The predicted molar refractivity (Wildman–Crippen MR) is 140 cm³/mol. The van der Waals surface area contributed by atoms with Crippen molar-refractivity contribution in [3.63, 3.8) is 0 Å². The molecule has 0 aliphatic carbocycles. The molecular formula is C29H37FN4. The van der Waals surface area contributed by atoms with E-state index in [9.17, 15) is 4.39 Å². The molecule has 1 aromatic heterocycles. The molecule has 2 fully saturated rings. The van der Waals surface area contributed by atoms with Gasteiger partial charge in [-0.3, -0.25) is 0 Å². The molecule has 34 heavy (non-hydrogen) atoms. The van der Waals surface area contributed by atoms with Crippen LogP contribution in [0.3, 0.4) is 0 Å². The molecule has 2 aromatic carbocycles. The summed E-state index contributed by atoms with van der Waals surface area (Å²) in [6.07, 6.45) is 4.12. The van der Waals surface area contributed by atoms with E-state index in [-0.39, 0.29) is 5.82 Å². The van der Waals surface area contributed by atoms with Gasteiger partial charge in [0, 0.05) is 36.3 Å². The molecule has 0 amide bonds. The SMILES string of the molecule is CCc1cc2nc(-c3ccc(CCCNC)cc3)cc(N3CC4CCN(C)CC4C3)c2cc1F. The Kier molecular flexibility index (Phi) is 6.84. The second kappa shape index (κ2) is 10.0. The number of likely N-dealkylation sites (tertiary alicyclic amines) is 1. The van der Waals surface area contributed by atoms with Crippen molar-refractivity contribution in [3.05, 3.63) is 59.4 Å². The summed E-state index contributed by atoms with van der Waals surface area (Å²) in [5.74, 6) is 1.29. The van der Waals surface area contributed by atoms with E-state index in [1.165, 1.54) is 18.5 Å². The van der Waals surface area contributed by atoms with E-state index in [1.807, 2.05) is 20.0 Å². The van der Waals surface area contributed by atoms with E-state index >= 15 is 0 Å². The van der Waals surface area contributed by atoms with Crippen LogP contribution >= 0.6 is 0 Å². The van der Waals surface area contributed by atoms with Crippen molar-refractivity contribution >= 4 is 16.6 Å². The molecule has 5 rings (SSSR count). The van der Waals surface area contributed by atoms with Crippen LogP contribution in [-0.4, -0.2) is 56.7 Å². The Morgan fingerprint density at radius 2 is 1.85 bits per heavy atom. The minimum absolute atomic E-state index is 0.118. The molecule has 3 heterocycles. The van der Waals surface area contributed by atoms with Gasteiger partial charge in [-0.15, -0.1) is 0 Å². The third-order valence-corrected chi connectivity index (χ3v) is 7.82. The van der Waals surface area contributed by atoms with E-state index in [0.717, 1.165) is 78.3 Å². The maximum absolute atomic E-state index is 14.9. The molecule has 0 saturated carbocycles. The van der Waals surface area contributed by atoms with E-state index < -0.39 is 0 Å². The first-order valence-electron chi connectivity index (χ1n) is 12.9. The minimum Gasteiger partial charge on any atom is -0.370 e. The van der Waals surface area contributed by atoms with Crippen LogP contribution in [0.2, 0.25) is 0 Å². The number of halogens is 1. The lowest BCUT2D eigenvalue weighted by Gasteiger charge is -2.31. The van der Waals surface area contributed by atoms with Crippen LogP contribution in [0, 0.1) is 17.7 Å². The number of benzene rings is 2. The maximum atomic E-state index is 14.9. The first-order chi connectivity index (χ1) is 16.6. The summed E-state index contributed by atoms with van der Waals surface area (Å²) in [5, 5.41) is 4.15. The normalized spacial score (nSPS) is 20.8. The first-order valence-corrected chi connectivity index (χ1v) is 12.9. The van der Waals surface area contributed by atoms with Gasteiger partial charge in [0.05, 0.1) is 11.2 Å². The van der Waals surface area contributed by atoms with Crippen LogP contribution in [0.4, 0.5) is 10.1 Å². The Morgan fingerprint density at radius 1 is 1.06 bits per heavy atom. The van der Waals surface area contributed by atoms with Crippen LogP contribution in [-0.2, 0) is 12.8 Å². The standard InChI is InChI=1S/C29H37FN4/c1-4-21-14-28-25(15-26(21)30)29(34-18-23-11-13-33(3)17-24(23)19-34)16-27(32-28)22-9-7-20(8-10-22)6-5-12-31-2/h7-10,14-16,23-24,31H,4-6,11-13,17-19H2,1-3H3. The molecule has 2 unspecified atom stereocenters. The molecule has 0 bridgehead atoms. The van der Waals surface area contributed by atoms with Crippen LogP contribution in [0.15, 0.2) is 42.5 Å². The topological polar surface area (TPSA) is 31.4 Å². The van der Waals surface area contributed by atoms with E-state index in [4.69, 9.17) is 4.98 Å². The highest BCUT2D eigenvalue weighted by Gasteiger charge is 2.36. The van der Waals surface area contributed by atoms with Crippen molar-refractivity contribution in [2.75, 3.05) is 51.7 Å². The third kappa shape index (κ3) is 4.69. The molecule has 0 spiro atoms. The molecule has 0 radical (unpaired) electrons. The smallest absolute Gasteiger partial charge is 0.127 e. The number of aryl methyl sites for hydroxylation is 2. The molecule has 2 aliphatic heterocycles. The number of nitrogens with zero attached hydrogens (tertiary/aromatic N) is 3. The Labute approximate surface area is 203 Å². The molecule has 2 saturated heterocycles. The molecule has 2 atom stereocenters. The fourth-order valence-electron chi connectivity index (χ4n) is 5.81. The van der Waals surface area contributed by atoms with Crippen molar-refractivity contribution in [3.8, 4) is 11.3 Å². The van der Waals surface area contributed by atoms with Crippen molar-refractivity contribution in [2.24, 2.45) is 11.8 Å². The quantitative estimate of drug-likeness (QED) is 0.495. The lowest BCUT2D eigenvalue weighted by molar-refractivity contribution is 0.178. The Hall–Kier alpha value is -2.50. The maximum Gasteiger partial charge on any atom is 0.127 e. The number of rotatable bonds is 7. The summed E-state index contributed by atoms with van der Waals surface area (Å²) < 4.78 is 14.9. The second-order valence-electron chi connectivity index (χ2n) is 10.2. The monoisotopic (exact) mass is 460 g/mol. The van der Waals surface area contributed by atoms with Crippen molar-refractivity contribution in [2.45, 2.75) is 32.6 Å². The van der Waals surface area contributed by atoms with Gasteiger partial charge in [-0.05, 0) is 94.0 Å². The average molecular weight is 461 g/mol. The first kappa shape index (κ1) is 23.3. The number of anilines is 1. The highest BCUT2D eigenvalue weighted by atomic mass is 19.1. The van der Waals surface area contributed by atoms with Crippen LogP contribution in [0.5, 0.6) is 0 Å². The highest BCUT2D eigenvalue weighted by molar-refractivity contribution is 5.95. The number of fused-ring (bicyclic) bond motifs is 2. The Balaban J connectivity index is 1.52. The lowest BCUT2D eigenvalue weighted by atomic mass is 9.89. The van der Waals surface area contributed by atoms with Crippen LogP contribution in [0.1, 0.15) is 30.9 Å². The summed E-state index contributed by atoms with van der Waals surface area (Å²) in [7, 11) is 4.22. The molecule has 2 aliphatic rings. The number of pyridine rings is 1. The largest absolute Gasteiger partial charge is 0.370 e. The molecule has 4 nitrogen and oxygen atoms in total. The van der Waals surface area contributed by atoms with Crippen LogP contribution < -0.4 is 10.2 Å². The number of nitrogens with one attached hydrogen (secondary N) is 1. The van der Waals surface area contributed by atoms with Gasteiger partial charge in [-0.1, -0.05) is 31.2 Å². The zero-order valence-electron chi connectivity index (χ0n) is 20.8. The van der Waals surface area contributed by atoms with Gasteiger partial charge in [0.1, 0.15) is 5.82 Å². The second-order valence-corrected chi connectivity index (χ2v) is 10.2. The number of hydrogen-bond acceptors (Lipinski definition) is 4. The van der Waals surface area contributed by atoms with Gasteiger partial charge in [-0.25, -0.2) is 9.37 Å². The fourth-order valence-corrected chi connectivity index (χ4v) is 5.81. The predicted octanol–water partition coefficient (Wildman–Crippen LogP) is 5.14. The highest BCUT2D eigenvalue weighted by Crippen LogP contribution is 2.39. The molecule has 180 valence electrons. The van der Waals surface area contributed by atoms with Crippen molar-refractivity contribution in [1.29, 1.82) is 0 Å². The molecule has 5 heteroatoms. The van der Waals surface area contributed by atoms with Gasteiger partial charge in [0.15, 0.2) is 0 Å². The molecule has 3 aromatic rings. The van der Waals surface area contributed by atoms with Gasteiger partial charge in [0.2, 0.25) is 0 Å². The van der Waals surface area contributed by atoms with Crippen molar-refractivity contribution < 1.29 is 4.39 Å². The van der Waals surface area contributed by atoms with E-state index in [2.05, 4.69) is 52.5 Å². The Morgan fingerprint density at radius 3 is 2.62 bits per heavy atom. The number of aromatic nitrogens is 1. The van der Waals surface area contributed by atoms with Crippen molar-refractivity contribution in [1.82, 2.24) is 15.2 Å². The summed E-state index contributed by atoms with van der Waals surface area (Å²) in [6.45, 7) is 7.45. The zero-order valence-corrected chi connectivity index (χ0v) is 20.8.